The summed E-state index contributed by atoms with van der Waals surface area (Å²) < 4.78 is 0. The fourth-order valence-electron chi connectivity index (χ4n) is 6.70. The molecule has 0 aliphatic carbocycles. The van der Waals surface area contributed by atoms with Crippen LogP contribution in [0, 0.1) is 0 Å². The maximum Gasteiger partial charge on any atom is -0.00204 e. The second-order valence-corrected chi connectivity index (χ2v) is 11.7. The van der Waals surface area contributed by atoms with E-state index in [-0.39, 0.29) is 0 Å². The van der Waals surface area contributed by atoms with Crippen LogP contribution in [0.15, 0.2) is 194 Å². The Morgan fingerprint density at radius 3 is 1.04 bits per heavy atom. The van der Waals surface area contributed by atoms with E-state index in [9.17, 15) is 0 Å². The van der Waals surface area contributed by atoms with Crippen LogP contribution in [0.5, 0.6) is 0 Å². The van der Waals surface area contributed by atoms with Gasteiger partial charge in [0.15, 0.2) is 0 Å². The monoisotopic (exact) mass is 584 g/mol. The van der Waals surface area contributed by atoms with Crippen molar-refractivity contribution in [1.82, 2.24) is 0 Å². The lowest BCUT2D eigenvalue weighted by Crippen LogP contribution is -2.01. The smallest absolute Gasteiger partial charge is 0.00204 e. The molecular formula is C46H32. The Balaban J connectivity index is 1.46. The second-order valence-electron chi connectivity index (χ2n) is 11.7. The predicted octanol–water partition coefficient (Wildman–Crippen LogP) is 12.3. The summed E-state index contributed by atoms with van der Waals surface area (Å²) in [5.41, 5.74) is 12.0. The van der Waals surface area contributed by atoms with Gasteiger partial charge in [0.25, 0.3) is 0 Å². The van der Waals surface area contributed by atoms with Gasteiger partial charge in [0.1, 0.15) is 0 Å². The molecule has 0 bridgehead atoms. The Kier molecular flexibility index (Phi) is 7.30. The van der Waals surface area contributed by atoms with E-state index in [4.69, 9.17) is 0 Å². The van der Waals surface area contributed by atoms with Gasteiger partial charge in [-0.15, -0.1) is 0 Å². The Labute approximate surface area is 270 Å². The van der Waals surface area contributed by atoms with E-state index in [2.05, 4.69) is 194 Å². The number of hydrogen-bond acceptors (Lipinski definition) is 0. The molecular weight excluding hydrogens is 553 g/mol. The first-order valence-corrected chi connectivity index (χ1v) is 15.9. The predicted molar refractivity (Wildman–Crippen MR) is 197 cm³/mol. The van der Waals surface area contributed by atoms with Crippen molar-refractivity contribution in [3.8, 4) is 22.3 Å². The van der Waals surface area contributed by atoms with Gasteiger partial charge in [0.2, 0.25) is 0 Å². The summed E-state index contributed by atoms with van der Waals surface area (Å²) >= 11 is 0. The summed E-state index contributed by atoms with van der Waals surface area (Å²) in [6, 6.07) is 70.3. The van der Waals surface area contributed by atoms with Gasteiger partial charge >= 0.3 is 0 Å². The standard InChI is InChI=1S/C46H32/c1-3-17-35(18-4-1)45(43-25-13-11-23-41(43)39-29-27-33-15-7-9-21-37(33)31-39)46(36-19-5-2-6-20-36)44-26-14-12-24-42(44)40-30-28-34-16-8-10-22-38(34)32-40/h1-32H/b46-45-. The molecule has 0 aliphatic heterocycles. The molecule has 0 heteroatoms. The molecule has 8 aromatic carbocycles. The van der Waals surface area contributed by atoms with E-state index < -0.39 is 0 Å². The molecule has 216 valence electrons. The van der Waals surface area contributed by atoms with Crippen LogP contribution in [-0.4, -0.2) is 0 Å². The van der Waals surface area contributed by atoms with Gasteiger partial charge in [-0.05, 0) is 89.3 Å². The fourth-order valence-corrected chi connectivity index (χ4v) is 6.70. The van der Waals surface area contributed by atoms with Crippen LogP contribution in [0.2, 0.25) is 0 Å². The molecule has 8 rings (SSSR count). The Morgan fingerprint density at radius 2 is 0.609 bits per heavy atom. The molecule has 8 aromatic rings. The van der Waals surface area contributed by atoms with Gasteiger partial charge < -0.3 is 0 Å². The topological polar surface area (TPSA) is 0 Å². The van der Waals surface area contributed by atoms with Crippen LogP contribution in [0.25, 0.3) is 54.9 Å². The zero-order valence-corrected chi connectivity index (χ0v) is 25.5. The summed E-state index contributed by atoms with van der Waals surface area (Å²) in [5, 5.41) is 4.98. The third-order valence-corrected chi connectivity index (χ3v) is 8.89. The van der Waals surface area contributed by atoms with Gasteiger partial charge in [0.05, 0.1) is 0 Å². The van der Waals surface area contributed by atoms with Crippen LogP contribution >= 0.6 is 0 Å². The van der Waals surface area contributed by atoms with Crippen LogP contribution < -0.4 is 0 Å². The van der Waals surface area contributed by atoms with Crippen molar-refractivity contribution < 1.29 is 0 Å². The van der Waals surface area contributed by atoms with E-state index in [1.54, 1.807) is 0 Å². The van der Waals surface area contributed by atoms with Gasteiger partial charge in [-0.25, -0.2) is 0 Å². The minimum atomic E-state index is 1.18. The third kappa shape index (κ3) is 5.21. The quantitative estimate of drug-likeness (QED) is 0.171. The molecule has 0 spiro atoms. The summed E-state index contributed by atoms with van der Waals surface area (Å²) in [4.78, 5) is 0. The number of hydrogen-bond donors (Lipinski definition) is 0. The molecule has 0 saturated carbocycles. The number of fused-ring (bicyclic) bond motifs is 2. The maximum absolute atomic E-state index is 2.32. The summed E-state index contributed by atoms with van der Waals surface area (Å²) in [5.74, 6) is 0. The summed E-state index contributed by atoms with van der Waals surface area (Å²) in [6.07, 6.45) is 0. The Hall–Kier alpha value is -5.98. The zero-order chi connectivity index (χ0) is 30.7. The van der Waals surface area contributed by atoms with Crippen molar-refractivity contribution in [1.29, 1.82) is 0 Å². The minimum absolute atomic E-state index is 1.18. The van der Waals surface area contributed by atoms with Crippen molar-refractivity contribution in [3.63, 3.8) is 0 Å². The average Bonchev–Trinajstić information content (AvgIpc) is 3.14. The first-order valence-electron chi connectivity index (χ1n) is 15.9. The fraction of sp³-hybridized carbons (Fsp3) is 0. The minimum Gasteiger partial charge on any atom is -0.0622 e. The van der Waals surface area contributed by atoms with Crippen LogP contribution in [0.1, 0.15) is 22.3 Å². The van der Waals surface area contributed by atoms with E-state index in [0.717, 1.165) is 0 Å². The molecule has 46 heavy (non-hydrogen) atoms. The molecule has 0 radical (unpaired) electrons. The molecule has 0 atom stereocenters. The lowest BCUT2D eigenvalue weighted by molar-refractivity contribution is 1.49. The zero-order valence-electron chi connectivity index (χ0n) is 25.5. The highest BCUT2D eigenvalue weighted by Crippen LogP contribution is 2.44. The highest BCUT2D eigenvalue weighted by molar-refractivity contribution is 6.09. The highest BCUT2D eigenvalue weighted by Gasteiger charge is 2.21. The highest BCUT2D eigenvalue weighted by atomic mass is 14.2. The first kappa shape index (κ1) is 27.6. The van der Waals surface area contributed by atoms with Crippen LogP contribution in [-0.2, 0) is 0 Å². The van der Waals surface area contributed by atoms with Crippen molar-refractivity contribution in [2.45, 2.75) is 0 Å². The molecule has 0 aliphatic rings. The molecule has 0 saturated heterocycles. The van der Waals surface area contributed by atoms with Gasteiger partial charge in [-0.3, -0.25) is 0 Å². The molecule has 0 nitrogen and oxygen atoms in total. The van der Waals surface area contributed by atoms with Crippen LogP contribution in [0.3, 0.4) is 0 Å². The molecule has 0 N–H and O–H groups in total. The lowest BCUT2D eigenvalue weighted by Gasteiger charge is -2.22. The van der Waals surface area contributed by atoms with Crippen LogP contribution in [0.4, 0.5) is 0 Å². The SMILES string of the molecule is c1ccc(/C(=C(\c2ccccc2)c2ccccc2-c2ccc3ccccc3c2)c2ccccc2-c2ccc3ccccc3c2)cc1. The summed E-state index contributed by atoms with van der Waals surface area (Å²) in [6.45, 7) is 0. The Morgan fingerprint density at radius 1 is 0.261 bits per heavy atom. The van der Waals surface area contributed by atoms with Crippen molar-refractivity contribution in [2.75, 3.05) is 0 Å². The molecule has 0 heterocycles. The molecule has 0 unspecified atom stereocenters. The molecule has 0 fully saturated rings. The normalized spacial score (nSPS) is 11.8. The molecule has 0 aromatic heterocycles. The average molecular weight is 585 g/mol. The van der Waals surface area contributed by atoms with Gasteiger partial charge in [-0.2, -0.15) is 0 Å². The largest absolute Gasteiger partial charge is 0.0622 e. The van der Waals surface area contributed by atoms with Crippen molar-refractivity contribution in [3.05, 3.63) is 216 Å². The lowest BCUT2D eigenvalue weighted by atomic mass is 9.81. The second kappa shape index (κ2) is 12.2. The molecule has 0 amide bonds. The van der Waals surface area contributed by atoms with E-state index in [0.29, 0.717) is 0 Å². The Bertz CT molecular complexity index is 2170. The number of rotatable bonds is 6. The van der Waals surface area contributed by atoms with E-state index in [1.807, 2.05) is 0 Å². The van der Waals surface area contributed by atoms with Gasteiger partial charge in [-0.1, -0.05) is 182 Å². The maximum atomic E-state index is 2.32. The van der Waals surface area contributed by atoms with E-state index >= 15 is 0 Å². The van der Waals surface area contributed by atoms with Crippen molar-refractivity contribution in [2.24, 2.45) is 0 Å². The number of benzene rings is 8. The van der Waals surface area contributed by atoms with E-state index in [1.165, 1.54) is 77.2 Å². The third-order valence-electron chi connectivity index (χ3n) is 8.89. The summed E-state index contributed by atoms with van der Waals surface area (Å²) in [7, 11) is 0. The first-order chi connectivity index (χ1) is 22.8. The van der Waals surface area contributed by atoms with Gasteiger partial charge in [0, 0.05) is 0 Å². The van der Waals surface area contributed by atoms with Crippen molar-refractivity contribution >= 4 is 32.7 Å².